The third kappa shape index (κ3) is 14.2. The van der Waals surface area contributed by atoms with Crippen LogP contribution in [0.15, 0.2) is 30.3 Å². The van der Waals surface area contributed by atoms with Gasteiger partial charge in [0, 0.05) is 32.2 Å². The lowest BCUT2D eigenvalue weighted by molar-refractivity contribution is 0.0514. The molecule has 0 aliphatic carbocycles. The number of amides is 3. The summed E-state index contributed by atoms with van der Waals surface area (Å²) >= 11 is 0. The second-order valence-corrected chi connectivity index (χ2v) is 9.96. The normalized spacial score (nSPS) is 11.6. The average molecular weight is 481 g/mol. The molecule has 0 spiro atoms. The summed E-state index contributed by atoms with van der Waals surface area (Å²) in [6, 6.07) is 9.08. The Hall–Kier alpha value is -3.01. The van der Waals surface area contributed by atoms with Gasteiger partial charge in [-0.2, -0.15) is 0 Å². The summed E-state index contributed by atoms with van der Waals surface area (Å²) in [7, 11) is 0. The number of carboxylic acid groups (broad SMARTS) is 1. The SMILES string of the molecule is CC(C)(C)OC(=O)NCC(CNC(=O)OC(C)(C)C)NCCCN(Cc1ccccc1)C(=O)O. The van der Waals surface area contributed by atoms with E-state index in [2.05, 4.69) is 16.0 Å². The van der Waals surface area contributed by atoms with Crippen molar-refractivity contribution in [3.05, 3.63) is 35.9 Å². The molecule has 0 bridgehead atoms. The van der Waals surface area contributed by atoms with Gasteiger partial charge in [0.15, 0.2) is 0 Å². The predicted octanol–water partition coefficient (Wildman–Crippen LogP) is 3.56. The van der Waals surface area contributed by atoms with Gasteiger partial charge in [-0.3, -0.25) is 0 Å². The largest absolute Gasteiger partial charge is 0.465 e. The first-order chi connectivity index (χ1) is 15.7. The van der Waals surface area contributed by atoms with Gasteiger partial charge in [-0.05, 0) is 60.1 Å². The van der Waals surface area contributed by atoms with E-state index in [0.29, 0.717) is 26.1 Å². The van der Waals surface area contributed by atoms with Crippen molar-refractivity contribution in [3.8, 4) is 0 Å². The average Bonchev–Trinajstić information content (AvgIpc) is 2.69. The Bertz CT molecular complexity index is 742. The van der Waals surface area contributed by atoms with Crippen LogP contribution in [0.25, 0.3) is 0 Å². The minimum atomic E-state index is -0.987. The predicted molar refractivity (Wildman–Crippen MR) is 130 cm³/mol. The van der Waals surface area contributed by atoms with Crippen LogP contribution in [0, 0.1) is 0 Å². The van der Waals surface area contributed by atoms with Gasteiger partial charge >= 0.3 is 18.3 Å². The van der Waals surface area contributed by atoms with E-state index in [1.165, 1.54) is 4.90 Å². The number of alkyl carbamates (subject to hydrolysis) is 2. The molecule has 0 saturated carbocycles. The molecular weight excluding hydrogens is 440 g/mol. The van der Waals surface area contributed by atoms with Gasteiger partial charge in [-0.15, -0.1) is 0 Å². The van der Waals surface area contributed by atoms with Gasteiger partial charge in [-0.25, -0.2) is 14.4 Å². The fourth-order valence-corrected chi connectivity index (χ4v) is 2.88. The monoisotopic (exact) mass is 480 g/mol. The van der Waals surface area contributed by atoms with Crippen LogP contribution in [0.4, 0.5) is 14.4 Å². The first-order valence-electron chi connectivity index (χ1n) is 11.4. The number of benzene rings is 1. The number of ether oxygens (including phenoxy) is 2. The Labute approximate surface area is 202 Å². The van der Waals surface area contributed by atoms with Crippen molar-refractivity contribution in [3.63, 3.8) is 0 Å². The first-order valence-corrected chi connectivity index (χ1v) is 11.4. The van der Waals surface area contributed by atoms with Crippen LogP contribution in [0.3, 0.4) is 0 Å². The number of hydrogen-bond donors (Lipinski definition) is 4. The molecule has 0 radical (unpaired) electrons. The van der Waals surface area contributed by atoms with E-state index in [0.717, 1.165) is 5.56 Å². The smallest absolute Gasteiger partial charge is 0.407 e. The summed E-state index contributed by atoms with van der Waals surface area (Å²) in [5, 5.41) is 18.1. The van der Waals surface area contributed by atoms with Crippen LogP contribution in [-0.4, -0.2) is 71.7 Å². The molecule has 0 unspecified atom stereocenters. The molecule has 1 aromatic carbocycles. The van der Waals surface area contributed by atoms with Gasteiger partial charge in [0.05, 0.1) is 0 Å². The second kappa shape index (κ2) is 13.6. The number of nitrogens with one attached hydrogen (secondary N) is 3. The zero-order valence-corrected chi connectivity index (χ0v) is 21.1. The summed E-state index contributed by atoms with van der Waals surface area (Å²) in [5.41, 5.74) is -0.333. The molecule has 10 heteroatoms. The molecule has 0 atom stereocenters. The van der Waals surface area contributed by atoms with Crippen molar-refractivity contribution in [2.45, 2.75) is 71.8 Å². The Morgan fingerprint density at radius 2 is 1.41 bits per heavy atom. The topological polar surface area (TPSA) is 129 Å². The van der Waals surface area contributed by atoms with Crippen LogP contribution in [0.1, 0.15) is 53.5 Å². The Kier molecular flexibility index (Phi) is 11.6. The Morgan fingerprint density at radius 3 is 1.85 bits per heavy atom. The van der Waals surface area contributed by atoms with Crippen molar-refractivity contribution in [1.82, 2.24) is 20.9 Å². The van der Waals surface area contributed by atoms with Gasteiger partial charge in [0.25, 0.3) is 0 Å². The van der Waals surface area contributed by atoms with E-state index < -0.39 is 29.5 Å². The van der Waals surface area contributed by atoms with Gasteiger partial charge < -0.3 is 35.4 Å². The molecule has 4 N–H and O–H groups in total. The molecule has 0 aliphatic rings. The number of hydrogen-bond acceptors (Lipinski definition) is 6. The maximum Gasteiger partial charge on any atom is 0.407 e. The highest BCUT2D eigenvalue weighted by molar-refractivity contribution is 5.68. The minimum absolute atomic E-state index is 0.206. The number of rotatable bonds is 11. The minimum Gasteiger partial charge on any atom is -0.465 e. The molecule has 1 rings (SSSR count). The third-order valence-corrected chi connectivity index (χ3v) is 4.31. The molecule has 1 aromatic rings. The van der Waals surface area contributed by atoms with E-state index in [9.17, 15) is 19.5 Å². The molecule has 0 saturated heterocycles. The highest BCUT2D eigenvalue weighted by Crippen LogP contribution is 2.08. The molecule has 0 fully saturated rings. The fraction of sp³-hybridized carbons (Fsp3) is 0.625. The Balaban J connectivity index is 2.58. The number of carbonyl (C=O) groups excluding carboxylic acids is 2. The van der Waals surface area contributed by atoms with Crippen molar-refractivity contribution in [2.75, 3.05) is 26.2 Å². The summed E-state index contributed by atoms with van der Waals surface area (Å²) in [4.78, 5) is 37.0. The summed E-state index contributed by atoms with van der Waals surface area (Å²) < 4.78 is 10.5. The van der Waals surface area contributed by atoms with Gasteiger partial charge in [0.1, 0.15) is 11.2 Å². The lowest BCUT2D eigenvalue weighted by Gasteiger charge is -2.25. The van der Waals surface area contributed by atoms with Crippen molar-refractivity contribution in [1.29, 1.82) is 0 Å². The van der Waals surface area contributed by atoms with E-state index in [-0.39, 0.29) is 19.1 Å². The molecule has 0 aliphatic heterocycles. The fourth-order valence-electron chi connectivity index (χ4n) is 2.88. The van der Waals surface area contributed by atoms with Crippen molar-refractivity contribution >= 4 is 18.3 Å². The lowest BCUT2D eigenvalue weighted by atomic mass is 10.2. The third-order valence-electron chi connectivity index (χ3n) is 4.31. The quantitative estimate of drug-likeness (QED) is 0.356. The highest BCUT2D eigenvalue weighted by Gasteiger charge is 2.20. The first kappa shape index (κ1) is 29.0. The molecule has 3 amide bonds. The van der Waals surface area contributed by atoms with Crippen molar-refractivity contribution in [2.24, 2.45) is 0 Å². The maximum absolute atomic E-state index is 12.0. The van der Waals surface area contributed by atoms with E-state index >= 15 is 0 Å². The van der Waals surface area contributed by atoms with Crippen molar-refractivity contribution < 1.29 is 29.0 Å². The summed E-state index contributed by atoms with van der Waals surface area (Å²) in [6.45, 7) is 12.2. The molecular formula is C24H40N4O6. The molecule has 10 nitrogen and oxygen atoms in total. The lowest BCUT2D eigenvalue weighted by Crippen LogP contribution is -2.49. The van der Waals surface area contributed by atoms with E-state index in [1.54, 1.807) is 41.5 Å². The summed E-state index contributed by atoms with van der Waals surface area (Å²) in [6.07, 6.45) is -1.55. The molecule has 34 heavy (non-hydrogen) atoms. The van der Waals surface area contributed by atoms with E-state index in [1.807, 2.05) is 30.3 Å². The van der Waals surface area contributed by atoms with Crippen LogP contribution >= 0.6 is 0 Å². The standard InChI is InChI=1S/C24H40N4O6/c1-23(2,3)33-20(29)26-15-19(16-27-21(30)34-24(4,5)6)25-13-10-14-28(22(31)32)17-18-11-8-7-9-12-18/h7-9,11-12,19,25H,10,13-17H2,1-6H3,(H,26,29)(H,27,30)(H,31,32). The number of carbonyl (C=O) groups is 3. The van der Waals surface area contributed by atoms with Crippen LogP contribution in [0.5, 0.6) is 0 Å². The summed E-state index contributed by atoms with van der Waals surface area (Å²) in [5.74, 6) is 0. The van der Waals surface area contributed by atoms with Crippen LogP contribution in [0.2, 0.25) is 0 Å². The van der Waals surface area contributed by atoms with Crippen LogP contribution in [-0.2, 0) is 16.0 Å². The zero-order valence-electron chi connectivity index (χ0n) is 21.1. The van der Waals surface area contributed by atoms with Gasteiger partial charge in [0.2, 0.25) is 0 Å². The van der Waals surface area contributed by atoms with Gasteiger partial charge in [-0.1, -0.05) is 30.3 Å². The Morgan fingerprint density at radius 1 is 0.912 bits per heavy atom. The molecule has 0 aromatic heterocycles. The second-order valence-electron chi connectivity index (χ2n) is 9.96. The maximum atomic E-state index is 12.0. The van der Waals surface area contributed by atoms with Crippen LogP contribution < -0.4 is 16.0 Å². The number of nitrogens with zero attached hydrogens (tertiary/aromatic N) is 1. The molecule has 0 heterocycles. The molecule has 192 valence electrons. The highest BCUT2D eigenvalue weighted by atomic mass is 16.6. The van der Waals surface area contributed by atoms with E-state index in [4.69, 9.17) is 9.47 Å². The zero-order chi connectivity index (χ0) is 25.8.